The maximum absolute atomic E-state index is 12.7. The Bertz CT molecular complexity index is 370. The first-order valence-electron chi connectivity index (χ1n) is 7.11. The number of nitrogens with two attached hydrogens (primary N) is 1. The topological polar surface area (TPSA) is 55.6 Å². The second-order valence-corrected chi connectivity index (χ2v) is 6.80. The normalized spacial score (nSPS) is 30.9. The van der Waals surface area contributed by atoms with Crippen molar-refractivity contribution in [2.75, 3.05) is 19.7 Å². The van der Waals surface area contributed by atoms with E-state index in [1.807, 2.05) is 4.90 Å². The van der Waals surface area contributed by atoms with E-state index in [2.05, 4.69) is 13.8 Å². The van der Waals surface area contributed by atoms with E-state index in [1.165, 1.54) is 6.42 Å². The molecule has 4 nitrogen and oxygen atoms in total. The quantitative estimate of drug-likeness (QED) is 0.784. The third-order valence-electron chi connectivity index (χ3n) is 4.50. The highest BCUT2D eigenvalue weighted by molar-refractivity contribution is 7.80. The Morgan fingerprint density at radius 1 is 1.42 bits per heavy atom. The Morgan fingerprint density at radius 2 is 2.16 bits per heavy atom. The summed E-state index contributed by atoms with van der Waals surface area (Å²) in [6, 6.07) is 0. The van der Waals surface area contributed by atoms with Gasteiger partial charge in [-0.1, -0.05) is 38.9 Å². The van der Waals surface area contributed by atoms with E-state index in [0.717, 1.165) is 19.3 Å². The fraction of sp³-hybridized carbons (Fsp3) is 0.857. The van der Waals surface area contributed by atoms with Crippen molar-refractivity contribution in [3.05, 3.63) is 0 Å². The Balaban J connectivity index is 2.04. The van der Waals surface area contributed by atoms with Crippen LogP contribution in [0.5, 0.6) is 0 Å². The molecule has 2 N–H and O–H groups in total. The molecule has 2 rings (SSSR count). The Labute approximate surface area is 120 Å². The molecule has 0 aromatic heterocycles. The lowest BCUT2D eigenvalue weighted by Crippen LogP contribution is -2.53. The van der Waals surface area contributed by atoms with Gasteiger partial charge in [0.25, 0.3) is 0 Å². The molecule has 2 atom stereocenters. The predicted molar refractivity (Wildman–Crippen MR) is 78.8 cm³/mol. The first-order chi connectivity index (χ1) is 8.92. The summed E-state index contributed by atoms with van der Waals surface area (Å²) in [7, 11) is 0. The number of ether oxygens (including phenoxy) is 1. The van der Waals surface area contributed by atoms with Crippen LogP contribution in [-0.2, 0) is 9.53 Å². The Morgan fingerprint density at radius 3 is 2.79 bits per heavy atom. The van der Waals surface area contributed by atoms with Gasteiger partial charge in [0.2, 0.25) is 5.91 Å². The summed E-state index contributed by atoms with van der Waals surface area (Å²) in [6.07, 6.45) is 4.24. The molecule has 108 valence electrons. The third kappa shape index (κ3) is 3.26. The monoisotopic (exact) mass is 284 g/mol. The van der Waals surface area contributed by atoms with Gasteiger partial charge in [0.05, 0.1) is 13.2 Å². The summed E-state index contributed by atoms with van der Waals surface area (Å²) < 4.78 is 5.50. The number of thiocarbonyl (C=S) groups is 1. The number of carbonyl (C=O) groups is 1. The number of rotatable bonds is 2. The lowest BCUT2D eigenvalue weighted by Gasteiger charge is -2.42. The summed E-state index contributed by atoms with van der Waals surface area (Å²) >= 11 is 4.97. The molecular formula is C14H24N2O2S. The SMILES string of the molecule is CC1(C)CCCCC1C(=O)N1CCOC(C(N)=S)C1. The lowest BCUT2D eigenvalue weighted by atomic mass is 9.68. The molecule has 2 unspecified atom stereocenters. The molecule has 5 heteroatoms. The first-order valence-corrected chi connectivity index (χ1v) is 7.52. The molecule has 2 fully saturated rings. The minimum atomic E-state index is -0.278. The van der Waals surface area contributed by atoms with E-state index in [0.29, 0.717) is 24.7 Å². The highest BCUT2D eigenvalue weighted by atomic mass is 32.1. The zero-order chi connectivity index (χ0) is 14.0. The molecule has 1 heterocycles. The predicted octanol–water partition coefficient (Wildman–Crippen LogP) is 1.72. The van der Waals surface area contributed by atoms with Gasteiger partial charge < -0.3 is 15.4 Å². The molecule has 0 aromatic rings. The van der Waals surface area contributed by atoms with E-state index in [9.17, 15) is 4.79 Å². The van der Waals surface area contributed by atoms with Crippen molar-refractivity contribution in [2.45, 2.75) is 45.6 Å². The molecule has 0 spiro atoms. The van der Waals surface area contributed by atoms with Crippen LogP contribution >= 0.6 is 12.2 Å². The summed E-state index contributed by atoms with van der Waals surface area (Å²) in [5, 5.41) is 0. The fourth-order valence-electron chi connectivity index (χ4n) is 3.19. The first kappa shape index (κ1) is 14.7. The zero-order valence-corrected chi connectivity index (χ0v) is 12.7. The highest BCUT2D eigenvalue weighted by Crippen LogP contribution is 2.41. The summed E-state index contributed by atoms with van der Waals surface area (Å²) in [5.41, 5.74) is 5.73. The van der Waals surface area contributed by atoms with Crippen LogP contribution in [0.15, 0.2) is 0 Å². The van der Waals surface area contributed by atoms with Crippen LogP contribution in [0, 0.1) is 11.3 Å². The van der Waals surface area contributed by atoms with Gasteiger partial charge in [-0.25, -0.2) is 0 Å². The molecule has 0 bridgehead atoms. The van der Waals surface area contributed by atoms with E-state index in [4.69, 9.17) is 22.7 Å². The van der Waals surface area contributed by atoms with Gasteiger partial charge in [0.1, 0.15) is 11.1 Å². The van der Waals surface area contributed by atoms with Crippen molar-refractivity contribution >= 4 is 23.1 Å². The van der Waals surface area contributed by atoms with Gasteiger partial charge in [-0.05, 0) is 18.3 Å². The third-order valence-corrected chi connectivity index (χ3v) is 4.76. The minimum absolute atomic E-state index is 0.104. The number of carbonyl (C=O) groups excluding carboxylic acids is 1. The van der Waals surface area contributed by atoms with Crippen LogP contribution in [-0.4, -0.2) is 41.6 Å². The second-order valence-electron chi connectivity index (χ2n) is 6.33. The van der Waals surface area contributed by atoms with Crippen LogP contribution in [0.2, 0.25) is 0 Å². The number of amides is 1. The number of hydrogen-bond acceptors (Lipinski definition) is 3. The van der Waals surface area contributed by atoms with Gasteiger partial charge >= 0.3 is 0 Å². The zero-order valence-electron chi connectivity index (χ0n) is 11.9. The van der Waals surface area contributed by atoms with Crippen LogP contribution in [0.3, 0.4) is 0 Å². The molecule has 2 aliphatic rings. The van der Waals surface area contributed by atoms with E-state index >= 15 is 0 Å². The van der Waals surface area contributed by atoms with Gasteiger partial charge in [-0.3, -0.25) is 4.79 Å². The van der Waals surface area contributed by atoms with Crippen molar-refractivity contribution in [3.63, 3.8) is 0 Å². The molecule has 1 saturated carbocycles. The van der Waals surface area contributed by atoms with E-state index in [-0.39, 0.29) is 23.3 Å². The highest BCUT2D eigenvalue weighted by Gasteiger charge is 2.40. The number of nitrogens with zero attached hydrogens (tertiary/aromatic N) is 1. The maximum Gasteiger partial charge on any atom is 0.226 e. The van der Waals surface area contributed by atoms with Crippen molar-refractivity contribution in [2.24, 2.45) is 17.1 Å². The van der Waals surface area contributed by atoms with Crippen LogP contribution in [0.4, 0.5) is 0 Å². The average Bonchev–Trinajstić information content (AvgIpc) is 2.37. The number of morpholine rings is 1. The van der Waals surface area contributed by atoms with E-state index < -0.39 is 0 Å². The van der Waals surface area contributed by atoms with Crippen LogP contribution in [0.25, 0.3) is 0 Å². The molecule has 1 amide bonds. The molecule has 1 aliphatic carbocycles. The van der Waals surface area contributed by atoms with Crippen molar-refractivity contribution in [1.29, 1.82) is 0 Å². The maximum atomic E-state index is 12.7. The van der Waals surface area contributed by atoms with Gasteiger partial charge in [0.15, 0.2) is 0 Å². The van der Waals surface area contributed by atoms with Crippen molar-refractivity contribution in [3.8, 4) is 0 Å². The Hall–Kier alpha value is -0.680. The van der Waals surface area contributed by atoms with Crippen molar-refractivity contribution in [1.82, 2.24) is 4.90 Å². The number of hydrogen-bond donors (Lipinski definition) is 1. The standard InChI is InChI=1S/C14H24N2O2S/c1-14(2)6-4-3-5-10(14)13(17)16-7-8-18-11(9-16)12(15)19/h10-11H,3-9H2,1-2H3,(H2,15,19). The molecule has 0 radical (unpaired) electrons. The van der Waals surface area contributed by atoms with Crippen molar-refractivity contribution < 1.29 is 9.53 Å². The van der Waals surface area contributed by atoms with Gasteiger partial charge in [-0.2, -0.15) is 0 Å². The van der Waals surface area contributed by atoms with Gasteiger partial charge in [-0.15, -0.1) is 0 Å². The summed E-state index contributed by atoms with van der Waals surface area (Å²) in [4.78, 5) is 15.0. The van der Waals surface area contributed by atoms with Gasteiger partial charge in [0, 0.05) is 12.5 Å². The largest absolute Gasteiger partial charge is 0.391 e. The summed E-state index contributed by atoms with van der Waals surface area (Å²) in [5.74, 6) is 0.389. The lowest BCUT2D eigenvalue weighted by molar-refractivity contribution is -0.146. The fourth-order valence-corrected chi connectivity index (χ4v) is 3.34. The minimum Gasteiger partial charge on any atom is -0.391 e. The molecule has 1 aliphatic heterocycles. The average molecular weight is 284 g/mol. The van der Waals surface area contributed by atoms with Crippen LogP contribution < -0.4 is 5.73 Å². The Kier molecular flexibility index (Phi) is 4.46. The second kappa shape index (κ2) is 5.75. The summed E-state index contributed by atoms with van der Waals surface area (Å²) in [6.45, 7) is 6.12. The van der Waals surface area contributed by atoms with E-state index in [1.54, 1.807) is 0 Å². The van der Waals surface area contributed by atoms with Crippen LogP contribution in [0.1, 0.15) is 39.5 Å². The molecule has 19 heavy (non-hydrogen) atoms. The molecule has 0 aromatic carbocycles. The molecule has 1 saturated heterocycles. The smallest absolute Gasteiger partial charge is 0.226 e. The molecular weight excluding hydrogens is 260 g/mol.